The van der Waals surface area contributed by atoms with Gasteiger partial charge in [0.25, 0.3) is 0 Å². The zero-order valence-corrected chi connectivity index (χ0v) is 33.9. The number of hydrogen-bond acceptors (Lipinski definition) is 2. The van der Waals surface area contributed by atoms with E-state index < -0.39 is 8.07 Å². The number of para-hydroxylation sites is 2. The van der Waals surface area contributed by atoms with Crippen molar-refractivity contribution in [1.82, 2.24) is 14.5 Å². The summed E-state index contributed by atoms with van der Waals surface area (Å²) in [4.78, 5) is 11.5. The summed E-state index contributed by atoms with van der Waals surface area (Å²) in [6.07, 6.45) is 0. The molecule has 0 fully saturated rings. The van der Waals surface area contributed by atoms with Crippen LogP contribution in [0.25, 0.3) is 72.4 Å². The first-order valence-electron chi connectivity index (χ1n) is 20.5. The number of nitrogens with zero attached hydrogens (tertiary/aromatic N) is 3. The molecule has 3 nitrogen and oxygen atoms in total. The summed E-state index contributed by atoms with van der Waals surface area (Å²) < 4.78 is 2.54. The van der Waals surface area contributed by atoms with E-state index in [4.69, 9.17) is 9.97 Å². The van der Waals surface area contributed by atoms with Gasteiger partial charge in [0.1, 0.15) is 0 Å². The largest absolute Gasteiger partial charge is 0.308 e. The van der Waals surface area contributed by atoms with E-state index in [9.17, 15) is 0 Å². The van der Waals surface area contributed by atoms with Crippen molar-refractivity contribution < 1.29 is 0 Å². The van der Waals surface area contributed by atoms with Gasteiger partial charge in [-0.2, -0.15) is 0 Å². The topological polar surface area (TPSA) is 30.7 Å². The quantitative estimate of drug-likeness (QED) is 0.163. The van der Waals surface area contributed by atoms with Gasteiger partial charge >= 0.3 is 0 Å². The van der Waals surface area contributed by atoms with Gasteiger partial charge in [0.15, 0.2) is 5.82 Å². The van der Waals surface area contributed by atoms with Crippen LogP contribution < -0.4 is 20.9 Å². The average Bonchev–Trinajstić information content (AvgIpc) is 3.88. The van der Waals surface area contributed by atoms with Crippen molar-refractivity contribution in [3.8, 4) is 50.6 Å². The SMILES string of the molecule is CC1(C)c2ccccc2-c2c1ccc1c3ccccc3n(-c3ccccc3-c3nc(-c4ccccc4)nc4c3-c3ccccc3[Si]4(c3ccccc3)c3ccccc3)c21. The Labute approximate surface area is 345 Å². The third kappa shape index (κ3) is 4.63. The molecule has 0 amide bonds. The molecule has 0 saturated heterocycles. The third-order valence-corrected chi connectivity index (χ3v) is 17.8. The van der Waals surface area contributed by atoms with Crippen molar-refractivity contribution in [2.24, 2.45) is 0 Å². The fourth-order valence-electron chi connectivity index (χ4n) is 10.5. The van der Waals surface area contributed by atoms with Crippen LogP contribution in [-0.2, 0) is 5.41 Å². The molecule has 12 rings (SSSR count). The Balaban J connectivity index is 1.24. The summed E-state index contributed by atoms with van der Waals surface area (Å²) in [6, 6.07) is 73.4. The predicted octanol–water partition coefficient (Wildman–Crippen LogP) is 10.6. The van der Waals surface area contributed by atoms with E-state index in [0.29, 0.717) is 0 Å². The highest BCUT2D eigenvalue weighted by Gasteiger charge is 2.51. The second kappa shape index (κ2) is 12.7. The lowest BCUT2D eigenvalue weighted by Crippen LogP contribution is -2.73. The van der Waals surface area contributed by atoms with E-state index in [1.165, 1.54) is 65.2 Å². The molecule has 4 heteroatoms. The maximum atomic E-state index is 5.76. The molecule has 0 unspecified atom stereocenters. The Bertz CT molecular complexity index is 3250. The lowest BCUT2D eigenvalue weighted by Gasteiger charge is -2.30. The van der Waals surface area contributed by atoms with Gasteiger partial charge in [-0.1, -0.05) is 202 Å². The van der Waals surface area contributed by atoms with Gasteiger partial charge in [0.2, 0.25) is 8.07 Å². The molecule has 0 saturated carbocycles. The van der Waals surface area contributed by atoms with Gasteiger partial charge < -0.3 is 4.57 Å². The van der Waals surface area contributed by atoms with Crippen LogP contribution in [0.2, 0.25) is 0 Å². The molecule has 0 atom stereocenters. The van der Waals surface area contributed by atoms with Crippen molar-refractivity contribution in [3.63, 3.8) is 0 Å². The summed E-state index contributed by atoms with van der Waals surface area (Å²) >= 11 is 0. The molecule has 10 aromatic rings. The minimum absolute atomic E-state index is 0.133. The maximum Gasteiger partial charge on any atom is 0.203 e. The van der Waals surface area contributed by atoms with Gasteiger partial charge in [-0.05, 0) is 49.9 Å². The molecule has 2 aliphatic rings. The molecule has 1 aliphatic heterocycles. The first-order valence-corrected chi connectivity index (χ1v) is 22.5. The zero-order chi connectivity index (χ0) is 39.3. The van der Waals surface area contributed by atoms with Crippen molar-refractivity contribution in [2.75, 3.05) is 0 Å². The molecular formula is C55H39N3Si. The molecule has 0 spiro atoms. The molecule has 8 aromatic carbocycles. The van der Waals surface area contributed by atoms with Crippen LogP contribution in [0.15, 0.2) is 200 Å². The molecule has 278 valence electrons. The van der Waals surface area contributed by atoms with Crippen LogP contribution in [0.3, 0.4) is 0 Å². The van der Waals surface area contributed by atoms with Crippen molar-refractivity contribution >= 4 is 50.8 Å². The standard InChI is InChI=1S/C55H39N3Si/c1-55(2)44-30-16-12-27-41(44)49-45(55)35-34-40-39-26-13-17-31-46(39)58(52(40)49)47-32-18-14-28-42(47)51-50-43-29-15-19-33-48(43)59(37-22-8-4-9-23-37,38-24-10-5-11-25-38)54(50)57-53(56-51)36-20-6-3-7-21-36/h3-35H,1-2H3. The Morgan fingerprint density at radius 1 is 0.458 bits per heavy atom. The van der Waals surface area contributed by atoms with Gasteiger partial charge in [0.05, 0.1) is 27.7 Å². The number of hydrogen-bond donors (Lipinski definition) is 0. The van der Waals surface area contributed by atoms with Gasteiger partial charge in [-0.15, -0.1) is 0 Å². The highest BCUT2D eigenvalue weighted by Crippen LogP contribution is 2.53. The highest BCUT2D eigenvalue weighted by atomic mass is 28.3. The molecule has 3 heterocycles. The van der Waals surface area contributed by atoms with E-state index in [1.807, 2.05) is 0 Å². The molecule has 0 N–H and O–H groups in total. The fraction of sp³-hybridized carbons (Fsp3) is 0.0545. The van der Waals surface area contributed by atoms with Crippen molar-refractivity contribution in [3.05, 3.63) is 211 Å². The molecule has 1 aliphatic carbocycles. The second-order valence-corrected chi connectivity index (χ2v) is 20.1. The summed E-state index contributed by atoms with van der Waals surface area (Å²) in [5, 5.41) is 7.60. The first kappa shape index (κ1) is 33.9. The maximum absolute atomic E-state index is 5.76. The zero-order valence-electron chi connectivity index (χ0n) is 32.9. The Morgan fingerprint density at radius 2 is 1.05 bits per heavy atom. The Hall–Kier alpha value is -7.14. The van der Waals surface area contributed by atoms with E-state index in [-0.39, 0.29) is 5.41 Å². The van der Waals surface area contributed by atoms with Crippen molar-refractivity contribution in [1.29, 1.82) is 0 Å². The summed E-state index contributed by atoms with van der Waals surface area (Å²) in [6.45, 7) is 4.74. The predicted molar refractivity (Wildman–Crippen MR) is 247 cm³/mol. The van der Waals surface area contributed by atoms with Crippen molar-refractivity contribution in [2.45, 2.75) is 19.3 Å². The molecule has 0 radical (unpaired) electrons. The summed E-state index contributed by atoms with van der Waals surface area (Å²) in [5.41, 5.74) is 14.1. The van der Waals surface area contributed by atoms with Crippen LogP contribution in [0.5, 0.6) is 0 Å². The highest BCUT2D eigenvalue weighted by molar-refractivity contribution is 7.21. The van der Waals surface area contributed by atoms with Crippen LogP contribution >= 0.6 is 0 Å². The molecule has 0 bridgehead atoms. The van der Waals surface area contributed by atoms with E-state index in [1.54, 1.807) is 0 Å². The number of rotatable bonds is 5. The molecule has 59 heavy (non-hydrogen) atoms. The molecular weight excluding hydrogens is 731 g/mol. The normalized spacial score (nSPS) is 14.2. The number of aromatic nitrogens is 3. The van der Waals surface area contributed by atoms with E-state index in [0.717, 1.165) is 39.2 Å². The lowest BCUT2D eigenvalue weighted by molar-refractivity contribution is 0.661. The van der Waals surface area contributed by atoms with Crippen LogP contribution in [0.4, 0.5) is 0 Å². The third-order valence-electron chi connectivity index (χ3n) is 13.1. The minimum Gasteiger partial charge on any atom is -0.308 e. The lowest BCUT2D eigenvalue weighted by atomic mass is 9.82. The monoisotopic (exact) mass is 769 g/mol. The van der Waals surface area contributed by atoms with Gasteiger partial charge in [0, 0.05) is 38.4 Å². The Morgan fingerprint density at radius 3 is 1.80 bits per heavy atom. The Kier molecular flexibility index (Phi) is 7.29. The first-order chi connectivity index (χ1) is 29.1. The second-order valence-electron chi connectivity index (χ2n) is 16.4. The number of fused-ring (bicyclic) bond motifs is 10. The van der Waals surface area contributed by atoms with E-state index >= 15 is 0 Å². The van der Waals surface area contributed by atoms with Gasteiger partial charge in [-0.3, -0.25) is 0 Å². The minimum atomic E-state index is -2.95. The fourth-order valence-corrected chi connectivity index (χ4v) is 15.5. The summed E-state index contributed by atoms with van der Waals surface area (Å²) in [5.74, 6) is 0.740. The van der Waals surface area contributed by atoms with Crippen LogP contribution in [-0.4, -0.2) is 22.6 Å². The number of benzene rings is 8. The van der Waals surface area contributed by atoms with Gasteiger partial charge in [-0.25, -0.2) is 9.97 Å². The molecule has 2 aromatic heterocycles. The van der Waals surface area contributed by atoms with E-state index in [2.05, 4.69) is 219 Å². The van der Waals surface area contributed by atoms with Crippen LogP contribution in [0.1, 0.15) is 25.0 Å². The van der Waals surface area contributed by atoms with Crippen LogP contribution in [0, 0.1) is 0 Å². The smallest absolute Gasteiger partial charge is 0.203 e. The summed E-state index contributed by atoms with van der Waals surface area (Å²) in [7, 11) is -2.95. The average molecular weight is 770 g/mol.